The normalized spacial score (nSPS) is 11.6. The van der Waals surface area contributed by atoms with Gasteiger partial charge in [-0.1, -0.05) is 57.0 Å². The van der Waals surface area contributed by atoms with Crippen LogP contribution in [0.3, 0.4) is 0 Å². The molecule has 1 aromatic carbocycles. The van der Waals surface area contributed by atoms with Gasteiger partial charge in [0.15, 0.2) is 5.78 Å². The predicted octanol–water partition coefficient (Wildman–Crippen LogP) is 3.80. The number of carbonyl (C=O) groups is 3. The Morgan fingerprint density at radius 2 is 1.79 bits per heavy atom. The molecule has 1 N–H and O–H groups in total. The molecule has 1 rings (SSSR count). The summed E-state index contributed by atoms with van der Waals surface area (Å²) in [6.45, 7) is 3.91. The molecular weight excluding hydrogens is 306 g/mol. The number of hydrogen-bond donors (Lipinski definition) is 1. The van der Waals surface area contributed by atoms with Crippen molar-refractivity contribution in [3.63, 3.8) is 0 Å². The SMILES string of the molecule is CCCCCC(=O)CC(NC(=O)OCc1ccccc1)C(=O)CC. The van der Waals surface area contributed by atoms with Crippen LogP contribution in [0.25, 0.3) is 0 Å². The summed E-state index contributed by atoms with van der Waals surface area (Å²) in [6, 6.07) is 8.49. The first kappa shape index (κ1) is 19.9. The summed E-state index contributed by atoms with van der Waals surface area (Å²) >= 11 is 0. The minimum atomic E-state index is -0.799. The lowest BCUT2D eigenvalue weighted by Crippen LogP contribution is -2.42. The molecule has 24 heavy (non-hydrogen) atoms. The van der Waals surface area contributed by atoms with E-state index in [-0.39, 0.29) is 31.0 Å². The third-order valence-electron chi connectivity index (χ3n) is 3.73. The molecule has 0 aliphatic heterocycles. The molecule has 0 saturated carbocycles. The molecule has 5 nitrogen and oxygen atoms in total. The van der Waals surface area contributed by atoms with E-state index in [0.717, 1.165) is 24.8 Å². The van der Waals surface area contributed by atoms with Gasteiger partial charge in [0.05, 0.1) is 6.04 Å². The van der Waals surface area contributed by atoms with Gasteiger partial charge in [-0.05, 0) is 12.0 Å². The summed E-state index contributed by atoms with van der Waals surface area (Å²) in [5.41, 5.74) is 0.863. The fourth-order valence-corrected chi connectivity index (χ4v) is 2.30. The quantitative estimate of drug-likeness (QED) is 0.625. The van der Waals surface area contributed by atoms with E-state index in [2.05, 4.69) is 12.2 Å². The topological polar surface area (TPSA) is 72.5 Å². The van der Waals surface area contributed by atoms with E-state index < -0.39 is 12.1 Å². The average Bonchev–Trinajstić information content (AvgIpc) is 2.60. The van der Waals surface area contributed by atoms with Crippen molar-refractivity contribution in [3.8, 4) is 0 Å². The van der Waals surface area contributed by atoms with Gasteiger partial charge in [0.25, 0.3) is 0 Å². The van der Waals surface area contributed by atoms with Crippen molar-refractivity contribution in [1.29, 1.82) is 0 Å². The number of amides is 1. The Bertz CT molecular complexity index is 527. The zero-order valence-corrected chi connectivity index (χ0v) is 14.5. The van der Waals surface area contributed by atoms with Crippen LogP contribution < -0.4 is 5.32 Å². The lowest BCUT2D eigenvalue weighted by molar-refractivity contribution is -0.126. The van der Waals surface area contributed by atoms with Gasteiger partial charge >= 0.3 is 6.09 Å². The zero-order chi connectivity index (χ0) is 17.8. The van der Waals surface area contributed by atoms with Gasteiger partial charge < -0.3 is 10.1 Å². The number of carbonyl (C=O) groups excluding carboxylic acids is 3. The highest BCUT2D eigenvalue weighted by Gasteiger charge is 2.22. The minimum Gasteiger partial charge on any atom is -0.445 e. The number of hydrogen-bond acceptors (Lipinski definition) is 4. The smallest absolute Gasteiger partial charge is 0.408 e. The van der Waals surface area contributed by atoms with Crippen molar-refractivity contribution >= 4 is 17.7 Å². The van der Waals surface area contributed by atoms with Crippen LogP contribution in [0.1, 0.15) is 57.9 Å². The van der Waals surface area contributed by atoms with Gasteiger partial charge in [0, 0.05) is 19.3 Å². The van der Waals surface area contributed by atoms with E-state index in [1.54, 1.807) is 6.92 Å². The van der Waals surface area contributed by atoms with E-state index in [4.69, 9.17) is 4.74 Å². The van der Waals surface area contributed by atoms with Crippen LogP contribution in [0.15, 0.2) is 30.3 Å². The molecule has 1 atom stereocenters. The molecule has 0 heterocycles. The second-order valence-electron chi connectivity index (χ2n) is 5.78. The first-order chi connectivity index (χ1) is 11.6. The number of rotatable bonds is 11. The molecule has 0 aliphatic carbocycles. The maximum atomic E-state index is 12.0. The van der Waals surface area contributed by atoms with E-state index in [1.807, 2.05) is 30.3 Å². The van der Waals surface area contributed by atoms with Gasteiger partial charge in [-0.15, -0.1) is 0 Å². The number of ether oxygens (including phenoxy) is 1. The predicted molar refractivity (Wildman–Crippen MR) is 92.6 cm³/mol. The lowest BCUT2D eigenvalue weighted by atomic mass is 10.0. The third kappa shape index (κ3) is 7.90. The molecule has 0 radical (unpaired) electrons. The maximum Gasteiger partial charge on any atom is 0.408 e. The summed E-state index contributed by atoms with van der Waals surface area (Å²) in [7, 11) is 0. The van der Waals surface area contributed by atoms with Crippen LogP contribution in [0.2, 0.25) is 0 Å². The van der Waals surface area contributed by atoms with Crippen molar-refractivity contribution in [2.24, 2.45) is 0 Å². The number of benzene rings is 1. The Kier molecular flexibility index (Phi) is 9.42. The van der Waals surface area contributed by atoms with Crippen LogP contribution in [0.4, 0.5) is 4.79 Å². The van der Waals surface area contributed by atoms with Gasteiger partial charge in [-0.25, -0.2) is 4.79 Å². The average molecular weight is 333 g/mol. The maximum absolute atomic E-state index is 12.0. The van der Waals surface area contributed by atoms with E-state index in [9.17, 15) is 14.4 Å². The molecule has 0 bridgehead atoms. The van der Waals surface area contributed by atoms with Gasteiger partial charge in [0.1, 0.15) is 12.4 Å². The van der Waals surface area contributed by atoms with Crippen molar-refractivity contribution in [2.75, 3.05) is 0 Å². The summed E-state index contributed by atoms with van der Waals surface area (Å²) < 4.78 is 5.12. The third-order valence-corrected chi connectivity index (χ3v) is 3.73. The van der Waals surface area contributed by atoms with Crippen molar-refractivity contribution in [3.05, 3.63) is 35.9 Å². The molecule has 1 aromatic rings. The van der Waals surface area contributed by atoms with Crippen LogP contribution >= 0.6 is 0 Å². The Morgan fingerprint density at radius 1 is 1.08 bits per heavy atom. The second kappa shape index (κ2) is 11.4. The fraction of sp³-hybridized carbons (Fsp3) is 0.526. The number of nitrogens with one attached hydrogen (secondary N) is 1. The highest BCUT2D eigenvalue weighted by atomic mass is 16.5. The molecule has 0 aromatic heterocycles. The first-order valence-electron chi connectivity index (χ1n) is 8.58. The van der Waals surface area contributed by atoms with E-state index in [1.165, 1.54) is 0 Å². The Hall–Kier alpha value is -2.17. The zero-order valence-electron chi connectivity index (χ0n) is 14.5. The molecular formula is C19H27NO4. The molecule has 0 aliphatic rings. The van der Waals surface area contributed by atoms with Crippen LogP contribution in [0, 0.1) is 0 Å². The van der Waals surface area contributed by atoms with Crippen LogP contribution in [-0.4, -0.2) is 23.7 Å². The Labute approximate surface area is 143 Å². The Balaban J connectivity index is 2.47. The number of Topliss-reactive ketones (excluding diaryl/α,β-unsaturated/α-hetero) is 2. The van der Waals surface area contributed by atoms with Crippen molar-refractivity contribution in [2.45, 2.75) is 65.0 Å². The lowest BCUT2D eigenvalue weighted by Gasteiger charge is -2.16. The second-order valence-corrected chi connectivity index (χ2v) is 5.78. The van der Waals surface area contributed by atoms with Crippen molar-refractivity contribution in [1.82, 2.24) is 5.32 Å². The fourth-order valence-electron chi connectivity index (χ4n) is 2.30. The highest BCUT2D eigenvalue weighted by molar-refractivity contribution is 5.92. The summed E-state index contributed by atoms with van der Waals surface area (Å²) in [4.78, 5) is 35.8. The Morgan fingerprint density at radius 3 is 2.42 bits per heavy atom. The van der Waals surface area contributed by atoms with E-state index >= 15 is 0 Å². The minimum absolute atomic E-state index is 0.00129. The van der Waals surface area contributed by atoms with E-state index in [0.29, 0.717) is 6.42 Å². The standard InChI is InChI=1S/C19H27NO4/c1-3-5-7-12-16(21)13-17(18(22)4-2)20-19(23)24-14-15-10-8-6-9-11-15/h6,8-11,17H,3-5,7,12-14H2,1-2H3,(H,20,23). The monoisotopic (exact) mass is 333 g/mol. The molecule has 1 amide bonds. The molecule has 0 fully saturated rings. The largest absolute Gasteiger partial charge is 0.445 e. The van der Waals surface area contributed by atoms with Gasteiger partial charge in [-0.2, -0.15) is 0 Å². The van der Waals surface area contributed by atoms with Gasteiger partial charge in [0.2, 0.25) is 0 Å². The summed E-state index contributed by atoms with van der Waals surface area (Å²) in [6.07, 6.45) is 2.93. The first-order valence-corrected chi connectivity index (χ1v) is 8.58. The summed E-state index contributed by atoms with van der Waals surface area (Å²) in [5.74, 6) is -0.158. The number of alkyl carbamates (subject to hydrolysis) is 1. The molecule has 1 unspecified atom stereocenters. The molecule has 0 saturated heterocycles. The van der Waals surface area contributed by atoms with Crippen LogP contribution in [0.5, 0.6) is 0 Å². The van der Waals surface area contributed by atoms with Gasteiger partial charge in [-0.3, -0.25) is 9.59 Å². The molecule has 132 valence electrons. The molecule has 0 spiro atoms. The van der Waals surface area contributed by atoms with Crippen molar-refractivity contribution < 1.29 is 19.1 Å². The van der Waals surface area contributed by atoms with Crippen LogP contribution in [-0.2, 0) is 20.9 Å². The molecule has 5 heteroatoms. The number of unbranched alkanes of at least 4 members (excludes halogenated alkanes) is 2. The number of ketones is 2. The summed E-state index contributed by atoms with van der Waals surface area (Å²) in [5, 5.41) is 2.53. The highest BCUT2D eigenvalue weighted by Crippen LogP contribution is 2.07.